The molecular formula is C24H34N4O4S. The number of aryl methyl sites for hydroxylation is 2. The van der Waals surface area contributed by atoms with Crippen molar-refractivity contribution in [3.8, 4) is 5.75 Å². The molecule has 0 N–H and O–H groups in total. The van der Waals surface area contributed by atoms with Crippen LogP contribution in [0.3, 0.4) is 0 Å². The van der Waals surface area contributed by atoms with Gasteiger partial charge in [0, 0.05) is 45.3 Å². The van der Waals surface area contributed by atoms with E-state index in [1.165, 1.54) is 9.87 Å². The van der Waals surface area contributed by atoms with E-state index in [9.17, 15) is 13.2 Å². The number of methoxy groups -OCH3 is 1. The van der Waals surface area contributed by atoms with Crippen LogP contribution in [0.4, 0.5) is 0 Å². The smallest absolute Gasteiger partial charge is 0.262 e. The number of imidazole rings is 1. The summed E-state index contributed by atoms with van der Waals surface area (Å²) in [5.74, 6) is 2.20. The van der Waals surface area contributed by atoms with Gasteiger partial charge in [-0.15, -0.1) is 0 Å². The maximum atomic E-state index is 13.1. The summed E-state index contributed by atoms with van der Waals surface area (Å²) < 4.78 is 34.2. The number of piperidine rings is 2. The molecule has 0 unspecified atom stereocenters. The fraction of sp³-hybridized carbons (Fsp3) is 0.583. The largest absolute Gasteiger partial charge is 0.497 e. The van der Waals surface area contributed by atoms with Gasteiger partial charge in [-0.05, 0) is 62.6 Å². The van der Waals surface area contributed by atoms with Crippen LogP contribution in [0.25, 0.3) is 0 Å². The van der Waals surface area contributed by atoms with Gasteiger partial charge in [-0.2, -0.15) is 4.31 Å². The van der Waals surface area contributed by atoms with Crippen molar-refractivity contribution in [3.05, 3.63) is 41.9 Å². The molecule has 3 heterocycles. The van der Waals surface area contributed by atoms with Crippen LogP contribution >= 0.6 is 0 Å². The zero-order valence-corrected chi connectivity index (χ0v) is 20.6. The summed E-state index contributed by atoms with van der Waals surface area (Å²) in [7, 11) is -0.154. The normalized spacial score (nSPS) is 19.1. The third-order valence-electron chi connectivity index (χ3n) is 7.10. The molecule has 0 aliphatic carbocycles. The first-order valence-corrected chi connectivity index (χ1v) is 13.1. The van der Waals surface area contributed by atoms with Crippen LogP contribution in [-0.2, 0) is 28.3 Å². The molecule has 1 aromatic carbocycles. The van der Waals surface area contributed by atoms with Crippen LogP contribution in [0.15, 0.2) is 35.5 Å². The third-order valence-corrected chi connectivity index (χ3v) is 8.87. The number of sulfonamides is 1. The summed E-state index contributed by atoms with van der Waals surface area (Å²) in [6.07, 6.45) is 5.71. The van der Waals surface area contributed by atoms with Crippen LogP contribution in [0.2, 0.25) is 0 Å². The van der Waals surface area contributed by atoms with Crippen molar-refractivity contribution in [2.75, 3.05) is 33.3 Å². The van der Waals surface area contributed by atoms with E-state index >= 15 is 0 Å². The highest BCUT2D eigenvalue weighted by Gasteiger charge is 2.35. The van der Waals surface area contributed by atoms with E-state index in [-0.39, 0.29) is 16.9 Å². The molecule has 2 aliphatic rings. The number of nitrogens with zero attached hydrogens (tertiary/aromatic N) is 4. The minimum Gasteiger partial charge on any atom is -0.497 e. The molecule has 0 atom stereocenters. The van der Waals surface area contributed by atoms with E-state index in [2.05, 4.69) is 17.1 Å². The minimum absolute atomic E-state index is 0.0891. The molecule has 2 aromatic rings. The Bertz CT molecular complexity index is 1040. The summed E-state index contributed by atoms with van der Waals surface area (Å²) in [6, 6.07) is 8.22. The molecule has 9 heteroatoms. The molecule has 4 rings (SSSR count). The first-order valence-electron chi connectivity index (χ1n) is 11.7. The lowest BCUT2D eigenvalue weighted by Crippen LogP contribution is -2.46. The maximum absolute atomic E-state index is 13.1. The molecule has 0 bridgehead atoms. The number of hydrogen-bond acceptors (Lipinski definition) is 5. The topological polar surface area (TPSA) is 84.7 Å². The predicted octanol–water partition coefficient (Wildman–Crippen LogP) is 2.62. The standard InChI is InChI=1S/C24H34N4O4S/c1-18-25-23(17-26(18)2)33(30,31)28-14-10-21(11-15-28)24(29)27-12-8-20(9-13-27)16-19-4-6-22(32-3)7-5-19/h4-7,17,20-21H,8-16H2,1-3H3. The Balaban J connectivity index is 1.26. The quantitative estimate of drug-likeness (QED) is 0.643. The first kappa shape index (κ1) is 23.8. The number of carbonyl (C=O) groups excluding carboxylic acids is 1. The van der Waals surface area contributed by atoms with E-state index in [0.29, 0.717) is 37.7 Å². The van der Waals surface area contributed by atoms with Crippen LogP contribution < -0.4 is 4.74 Å². The van der Waals surface area contributed by atoms with Gasteiger partial charge in [0.25, 0.3) is 10.0 Å². The maximum Gasteiger partial charge on any atom is 0.262 e. The summed E-state index contributed by atoms with van der Waals surface area (Å²) in [4.78, 5) is 19.3. The zero-order valence-electron chi connectivity index (χ0n) is 19.7. The second-order valence-corrected chi connectivity index (χ2v) is 11.1. The molecule has 180 valence electrons. The van der Waals surface area contributed by atoms with E-state index in [1.807, 2.05) is 17.0 Å². The highest BCUT2D eigenvalue weighted by atomic mass is 32.2. The molecule has 8 nitrogen and oxygen atoms in total. The molecule has 0 radical (unpaired) electrons. The van der Waals surface area contributed by atoms with Crippen molar-refractivity contribution in [1.82, 2.24) is 18.8 Å². The Hall–Kier alpha value is -2.39. The van der Waals surface area contributed by atoms with Crippen molar-refractivity contribution in [1.29, 1.82) is 0 Å². The van der Waals surface area contributed by atoms with Gasteiger partial charge in [0.2, 0.25) is 5.91 Å². The number of likely N-dealkylation sites (tertiary alicyclic amines) is 1. The van der Waals surface area contributed by atoms with Crippen molar-refractivity contribution in [2.45, 2.75) is 44.1 Å². The van der Waals surface area contributed by atoms with Gasteiger partial charge in [0.05, 0.1) is 7.11 Å². The lowest BCUT2D eigenvalue weighted by Gasteiger charge is -2.37. The fourth-order valence-corrected chi connectivity index (χ4v) is 6.33. The second-order valence-electron chi connectivity index (χ2n) is 9.24. The summed E-state index contributed by atoms with van der Waals surface area (Å²) in [6.45, 7) is 4.07. The van der Waals surface area contributed by atoms with Gasteiger partial charge >= 0.3 is 0 Å². The Morgan fingerprint density at radius 2 is 1.70 bits per heavy atom. The van der Waals surface area contributed by atoms with Crippen LogP contribution in [0, 0.1) is 18.8 Å². The third kappa shape index (κ3) is 5.24. The Kier molecular flexibility index (Phi) is 7.09. The Morgan fingerprint density at radius 1 is 1.06 bits per heavy atom. The van der Waals surface area contributed by atoms with Crippen LogP contribution in [0.1, 0.15) is 37.1 Å². The van der Waals surface area contributed by atoms with Crippen molar-refractivity contribution >= 4 is 15.9 Å². The van der Waals surface area contributed by atoms with Gasteiger partial charge in [-0.1, -0.05) is 12.1 Å². The number of aromatic nitrogens is 2. The fourth-order valence-electron chi connectivity index (χ4n) is 4.84. The summed E-state index contributed by atoms with van der Waals surface area (Å²) in [5.41, 5.74) is 1.30. The second kappa shape index (κ2) is 9.85. The number of carbonyl (C=O) groups is 1. The van der Waals surface area contributed by atoms with E-state index in [0.717, 1.165) is 38.1 Å². The highest BCUT2D eigenvalue weighted by molar-refractivity contribution is 7.89. The number of rotatable bonds is 6. The van der Waals surface area contributed by atoms with Crippen LogP contribution in [0.5, 0.6) is 5.75 Å². The van der Waals surface area contributed by atoms with Gasteiger partial charge in [0.1, 0.15) is 11.6 Å². The van der Waals surface area contributed by atoms with E-state index in [1.54, 1.807) is 31.8 Å². The monoisotopic (exact) mass is 474 g/mol. The van der Waals surface area contributed by atoms with Gasteiger partial charge in [-0.25, -0.2) is 13.4 Å². The first-order chi connectivity index (χ1) is 15.8. The van der Waals surface area contributed by atoms with Gasteiger partial charge in [0.15, 0.2) is 5.03 Å². The molecular weight excluding hydrogens is 440 g/mol. The number of benzene rings is 1. The van der Waals surface area contributed by atoms with E-state index < -0.39 is 10.0 Å². The molecule has 2 saturated heterocycles. The number of hydrogen-bond donors (Lipinski definition) is 0. The lowest BCUT2D eigenvalue weighted by atomic mass is 9.89. The predicted molar refractivity (Wildman–Crippen MR) is 125 cm³/mol. The van der Waals surface area contributed by atoms with Gasteiger partial charge in [-0.3, -0.25) is 4.79 Å². The molecule has 0 spiro atoms. The van der Waals surface area contributed by atoms with Crippen LogP contribution in [-0.4, -0.2) is 66.4 Å². The highest BCUT2D eigenvalue weighted by Crippen LogP contribution is 2.28. The van der Waals surface area contributed by atoms with Crippen molar-refractivity contribution in [3.63, 3.8) is 0 Å². The Morgan fingerprint density at radius 3 is 2.24 bits per heavy atom. The number of amides is 1. The minimum atomic E-state index is -3.61. The summed E-state index contributed by atoms with van der Waals surface area (Å²) in [5, 5.41) is 0.0891. The van der Waals surface area contributed by atoms with E-state index in [4.69, 9.17) is 4.74 Å². The number of ether oxygens (including phenoxy) is 1. The van der Waals surface area contributed by atoms with Crippen molar-refractivity contribution in [2.24, 2.45) is 18.9 Å². The molecule has 2 fully saturated rings. The summed E-state index contributed by atoms with van der Waals surface area (Å²) >= 11 is 0. The molecule has 33 heavy (non-hydrogen) atoms. The average Bonchev–Trinajstić information content (AvgIpc) is 3.18. The van der Waals surface area contributed by atoms with Gasteiger partial charge < -0.3 is 14.2 Å². The zero-order chi connectivity index (χ0) is 23.6. The average molecular weight is 475 g/mol. The lowest BCUT2D eigenvalue weighted by molar-refractivity contribution is -0.138. The molecule has 1 aromatic heterocycles. The SMILES string of the molecule is COc1ccc(CC2CCN(C(=O)C3CCN(S(=O)(=O)c4cn(C)c(C)n4)CC3)CC2)cc1. The molecule has 1 amide bonds. The van der Waals surface area contributed by atoms with Crippen molar-refractivity contribution < 1.29 is 17.9 Å². The molecule has 0 saturated carbocycles. The molecule has 2 aliphatic heterocycles. The Labute approximate surface area is 196 Å².